The summed E-state index contributed by atoms with van der Waals surface area (Å²) in [6, 6.07) is 0.00269. The van der Waals surface area contributed by atoms with Crippen LogP contribution in [-0.2, 0) is 12.8 Å². The molecular weight excluding hydrogens is 260 g/mol. The summed E-state index contributed by atoms with van der Waals surface area (Å²) in [5.74, 6) is 1.27. The molecule has 0 bridgehead atoms. The van der Waals surface area contributed by atoms with E-state index < -0.39 is 0 Å². The Labute approximate surface area is 117 Å². The van der Waals surface area contributed by atoms with Crippen molar-refractivity contribution in [3.8, 4) is 0 Å². The fourth-order valence-electron chi connectivity index (χ4n) is 1.56. The Hall–Kier alpha value is -1.27. The van der Waals surface area contributed by atoms with Crippen LogP contribution in [0.25, 0.3) is 0 Å². The molecule has 0 aromatic carbocycles. The van der Waals surface area contributed by atoms with E-state index in [4.69, 9.17) is 10.3 Å². The summed E-state index contributed by atoms with van der Waals surface area (Å²) < 4.78 is 5.25. The van der Waals surface area contributed by atoms with Crippen LogP contribution in [0.15, 0.2) is 9.90 Å². The van der Waals surface area contributed by atoms with Gasteiger partial charge in [0.2, 0.25) is 5.89 Å². The molecule has 0 saturated carbocycles. The van der Waals surface area contributed by atoms with E-state index >= 15 is 0 Å². The van der Waals surface area contributed by atoms with Crippen LogP contribution in [0.4, 0.5) is 0 Å². The Morgan fingerprint density at radius 1 is 1.37 bits per heavy atom. The van der Waals surface area contributed by atoms with E-state index in [0.717, 1.165) is 10.7 Å². The minimum atomic E-state index is 0.00269. The molecule has 0 spiro atoms. The quantitative estimate of drug-likeness (QED) is 0.930. The van der Waals surface area contributed by atoms with E-state index in [2.05, 4.69) is 35.9 Å². The second kappa shape index (κ2) is 5.38. The van der Waals surface area contributed by atoms with E-state index in [9.17, 15) is 0 Å². The third-order valence-electron chi connectivity index (χ3n) is 2.99. The molecule has 0 aliphatic rings. The minimum Gasteiger partial charge on any atom is -0.339 e. The van der Waals surface area contributed by atoms with Crippen LogP contribution in [0.3, 0.4) is 0 Å². The third-order valence-corrected chi connectivity index (χ3v) is 3.96. The van der Waals surface area contributed by atoms with Gasteiger partial charge in [-0.25, -0.2) is 4.98 Å². The largest absolute Gasteiger partial charge is 0.339 e. The van der Waals surface area contributed by atoms with E-state index in [1.807, 2.05) is 12.3 Å². The lowest BCUT2D eigenvalue weighted by atomic mass is 9.85. The van der Waals surface area contributed by atoms with Crippen molar-refractivity contribution in [3.05, 3.63) is 27.8 Å². The van der Waals surface area contributed by atoms with Crippen molar-refractivity contribution < 1.29 is 4.52 Å². The van der Waals surface area contributed by atoms with Crippen molar-refractivity contribution in [2.45, 2.75) is 46.6 Å². The van der Waals surface area contributed by atoms with Gasteiger partial charge in [-0.3, -0.25) is 0 Å². The molecular formula is C13H20N4OS. The van der Waals surface area contributed by atoms with Crippen molar-refractivity contribution in [1.82, 2.24) is 15.1 Å². The summed E-state index contributed by atoms with van der Waals surface area (Å²) in [7, 11) is 0. The zero-order valence-electron chi connectivity index (χ0n) is 11.8. The van der Waals surface area contributed by atoms with Gasteiger partial charge in [0.1, 0.15) is 5.01 Å². The number of thiazole rings is 1. The molecule has 2 aromatic heterocycles. The normalized spacial score (nSPS) is 13.7. The number of aromatic nitrogens is 3. The van der Waals surface area contributed by atoms with Crippen LogP contribution >= 0.6 is 11.3 Å². The lowest BCUT2D eigenvalue weighted by Crippen LogP contribution is -2.37. The average molecular weight is 280 g/mol. The molecule has 2 heterocycles. The summed E-state index contributed by atoms with van der Waals surface area (Å²) >= 11 is 1.61. The molecule has 5 nitrogen and oxygen atoms in total. The Morgan fingerprint density at radius 3 is 2.68 bits per heavy atom. The molecule has 0 aliphatic heterocycles. The first-order valence-electron chi connectivity index (χ1n) is 6.32. The summed E-state index contributed by atoms with van der Waals surface area (Å²) in [5.41, 5.74) is 7.17. The minimum absolute atomic E-state index is 0.00269. The van der Waals surface area contributed by atoms with Gasteiger partial charge in [0.15, 0.2) is 5.82 Å². The monoisotopic (exact) mass is 280 g/mol. The Bertz CT molecular complexity index is 541. The maximum Gasteiger partial charge on any atom is 0.228 e. The summed E-state index contributed by atoms with van der Waals surface area (Å²) in [5, 5.41) is 7.01. The molecule has 19 heavy (non-hydrogen) atoms. The lowest BCUT2D eigenvalue weighted by molar-refractivity contribution is 0.285. The van der Waals surface area contributed by atoms with Gasteiger partial charge in [0.05, 0.1) is 6.42 Å². The predicted molar refractivity (Wildman–Crippen MR) is 75.1 cm³/mol. The Kier molecular flexibility index (Phi) is 4.01. The molecule has 104 valence electrons. The lowest BCUT2D eigenvalue weighted by Gasteiger charge is -2.25. The van der Waals surface area contributed by atoms with Crippen LogP contribution in [0.5, 0.6) is 0 Å². The van der Waals surface area contributed by atoms with Gasteiger partial charge >= 0.3 is 0 Å². The third kappa shape index (κ3) is 3.84. The number of aryl methyl sites for hydroxylation is 1. The van der Waals surface area contributed by atoms with E-state index in [-0.39, 0.29) is 11.5 Å². The number of rotatable bonds is 4. The molecule has 1 atom stereocenters. The summed E-state index contributed by atoms with van der Waals surface area (Å²) in [6.07, 6.45) is 1.22. The first-order chi connectivity index (χ1) is 8.84. The molecule has 6 heteroatoms. The highest BCUT2D eigenvalue weighted by Gasteiger charge is 2.23. The molecule has 2 rings (SSSR count). The van der Waals surface area contributed by atoms with E-state index in [1.165, 1.54) is 0 Å². The van der Waals surface area contributed by atoms with Crippen LogP contribution in [0.1, 0.15) is 43.2 Å². The first kappa shape index (κ1) is 14.1. The number of nitrogens with two attached hydrogens (primary N) is 1. The van der Waals surface area contributed by atoms with Crippen LogP contribution in [-0.4, -0.2) is 21.2 Å². The summed E-state index contributed by atoms with van der Waals surface area (Å²) in [4.78, 5) is 8.76. The molecule has 2 N–H and O–H groups in total. The van der Waals surface area contributed by atoms with Gasteiger partial charge in [-0.15, -0.1) is 11.3 Å². The predicted octanol–water partition coefficient (Wildman–Crippen LogP) is 2.34. The average Bonchev–Trinajstić information content (AvgIpc) is 2.88. The number of nitrogens with zero attached hydrogens (tertiary/aromatic N) is 3. The highest BCUT2D eigenvalue weighted by atomic mass is 32.1. The highest BCUT2D eigenvalue weighted by molar-refractivity contribution is 7.09. The maximum absolute atomic E-state index is 6.11. The second-order valence-corrected chi connectivity index (χ2v) is 6.78. The zero-order chi connectivity index (χ0) is 14.0. The number of hydrogen-bond acceptors (Lipinski definition) is 6. The van der Waals surface area contributed by atoms with Gasteiger partial charge < -0.3 is 10.3 Å². The van der Waals surface area contributed by atoms with Crippen molar-refractivity contribution >= 4 is 11.3 Å². The van der Waals surface area contributed by atoms with Crippen molar-refractivity contribution in [2.75, 3.05) is 0 Å². The molecule has 0 saturated heterocycles. The maximum atomic E-state index is 6.11. The molecule has 0 amide bonds. The van der Waals surface area contributed by atoms with Gasteiger partial charge in [0.25, 0.3) is 0 Å². The van der Waals surface area contributed by atoms with Crippen LogP contribution in [0.2, 0.25) is 0 Å². The smallest absolute Gasteiger partial charge is 0.228 e. The second-order valence-electron chi connectivity index (χ2n) is 5.84. The van der Waals surface area contributed by atoms with Gasteiger partial charge in [-0.1, -0.05) is 25.9 Å². The van der Waals surface area contributed by atoms with E-state index in [1.54, 1.807) is 11.3 Å². The van der Waals surface area contributed by atoms with Crippen LogP contribution < -0.4 is 5.73 Å². The molecule has 0 radical (unpaired) electrons. The fourth-order valence-corrected chi connectivity index (χ4v) is 2.33. The Morgan fingerprint density at radius 2 is 2.11 bits per heavy atom. The SMILES string of the molecule is Cc1csc(Cc2noc(CC(N)C(C)(C)C)n2)n1. The topological polar surface area (TPSA) is 77.8 Å². The Balaban J connectivity index is 1.99. The van der Waals surface area contributed by atoms with Crippen molar-refractivity contribution in [2.24, 2.45) is 11.1 Å². The van der Waals surface area contributed by atoms with Gasteiger partial charge in [0, 0.05) is 23.5 Å². The molecule has 1 unspecified atom stereocenters. The molecule has 2 aromatic rings. The standard InChI is InChI=1S/C13H20N4OS/c1-8-7-19-12(15-8)6-10-16-11(18-17-10)5-9(14)13(2,3)4/h7,9H,5-6,14H2,1-4H3. The van der Waals surface area contributed by atoms with Gasteiger partial charge in [-0.2, -0.15) is 4.98 Å². The zero-order valence-corrected chi connectivity index (χ0v) is 12.6. The highest BCUT2D eigenvalue weighted by Crippen LogP contribution is 2.20. The fraction of sp³-hybridized carbons (Fsp3) is 0.615. The van der Waals surface area contributed by atoms with Gasteiger partial charge in [-0.05, 0) is 12.3 Å². The van der Waals surface area contributed by atoms with Crippen LogP contribution in [0, 0.1) is 12.3 Å². The number of hydrogen-bond donors (Lipinski definition) is 1. The van der Waals surface area contributed by atoms with Crippen molar-refractivity contribution in [3.63, 3.8) is 0 Å². The van der Waals surface area contributed by atoms with Crippen molar-refractivity contribution in [1.29, 1.82) is 0 Å². The molecule has 0 aliphatic carbocycles. The first-order valence-corrected chi connectivity index (χ1v) is 7.20. The molecule has 0 fully saturated rings. The summed E-state index contributed by atoms with van der Waals surface area (Å²) in [6.45, 7) is 8.29. The van der Waals surface area contributed by atoms with E-state index in [0.29, 0.717) is 24.6 Å².